The van der Waals surface area contributed by atoms with Crippen LogP contribution in [0.2, 0.25) is 0 Å². The summed E-state index contributed by atoms with van der Waals surface area (Å²) in [4.78, 5) is 8.93. The number of ether oxygens (including phenoxy) is 1. The second-order valence-corrected chi connectivity index (χ2v) is 5.01. The highest BCUT2D eigenvalue weighted by Gasteiger charge is 2.28. The molecule has 0 spiro atoms. The lowest BCUT2D eigenvalue weighted by Crippen LogP contribution is -2.26. The molecule has 1 fully saturated rings. The molecule has 1 aliphatic rings. The fourth-order valence-corrected chi connectivity index (χ4v) is 1.58. The third-order valence-corrected chi connectivity index (χ3v) is 2.73. The largest absolute Gasteiger partial charge is 0.458 e. The highest BCUT2D eigenvalue weighted by molar-refractivity contribution is 5.39. The van der Waals surface area contributed by atoms with E-state index >= 15 is 0 Å². The molecule has 2 rings (SSSR count). The van der Waals surface area contributed by atoms with Gasteiger partial charge in [-0.05, 0) is 33.6 Å². The number of rotatable bonds is 5. The van der Waals surface area contributed by atoms with Crippen molar-refractivity contribution in [1.29, 1.82) is 0 Å². The van der Waals surface area contributed by atoms with Gasteiger partial charge in [-0.15, -0.1) is 6.42 Å². The Bertz CT molecular complexity index is 472. The van der Waals surface area contributed by atoms with Gasteiger partial charge in [0, 0.05) is 18.5 Å². The third kappa shape index (κ3) is 3.13. The smallest absolute Gasteiger partial charge is 0.220 e. The van der Waals surface area contributed by atoms with Crippen LogP contribution in [0.25, 0.3) is 0 Å². The number of terminal acetylenes is 1. The average molecular weight is 245 g/mol. The van der Waals surface area contributed by atoms with Gasteiger partial charge in [0.1, 0.15) is 11.6 Å². The van der Waals surface area contributed by atoms with E-state index < -0.39 is 5.60 Å². The van der Waals surface area contributed by atoms with Crippen LogP contribution in [0.4, 0.5) is 5.82 Å². The van der Waals surface area contributed by atoms with Crippen LogP contribution in [0.1, 0.15) is 45.4 Å². The molecule has 18 heavy (non-hydrogen) atoms. The van der Waals surface area contributed by atoms with Crippen molar-refractivity contribution >= 4 is 5.82 Å². The summed E-state index contributed by atoms with van der Waals surface area (Å²) in [6.07, 6.45) is 7.75. The molecule has 1 saturated carbocycles. The maximum Gasteiger partial charge on any atom is 0.220 e. The number of nitrogens with one attached hydrogen (secondary N) is 1. The molecule has 0 bridgehead atoms. The molecule has 96 valence electrons. The molecular weight excluding hydrogens is 226 g/mol. The topological polar surface area (TPSA) is 47.0 Å². The number of nitrogens with zero attached hydrogens (tertiary/aromatic N) is 2. The van der Waals surface area contributed by atoms with Crippen molar-refractivity contribution in [2.75, 3.05) is 11.9 Å². The van der Waals surface area contributed by atoms with Crippen LogP contribution in [0.15, 0.2) is 6.07 Å². The molecule has 0 atom stereocenters. The first-order valence-corrected chi connectivity index (χ1v) is 6.33. The molecule has 1 heterocycles. The first-order chi connectivity index (χ1) is 8.54. The SMILES string of the molecule is C#CC(C)(C)Oc1cc(NCC)nc(C2CC2)n1. The zero-order valence-corrected chi connectivity index (χ0v) is 11.2. The molecule has 0 unspecified atom stereocenters. The van der Waals surface area contributed by atoms with Crippen LogP contribution in [-0.2, 0) is 0 Å². The van der Waals surface area contributed by atoms with E-state index in [1.54, 1.807) is 6.07 Å². The van der Waals surface area contributed by atoms with Gasteiger partial charge in [-0.3, -0.25) is 0 Å². The Labute approximate surface area is 108 Å². The molecule has 1 aromatic rings. The van der Waals surface area contributed by atoms with E-state index in [-0.39, 0.29) is 0 Å². The summed E-state index contributed by atoms with van der Waals surface area (Å²) >= 11 is 0. The fourth-order valence-electron chi connectivity index (χ4n) is 1.58. The van der Waals surface area contributed by atoms with Crippen LogP contribution < -0.4 is 10.1 Å². The predicted octanol–water partition coefficient (Wildman–Crippen LogP) is 2.58. The number of aromatic nitrogens is 2. The molecule has 1 aromatic heterocycles. The van der Waals surface area contributed by atoms with Crippen LogP contribution in [0.5, 0.6) is 5.88 Å². The average Bonchev–Trinajstić information content (AvgIpc) is 3.12. The maximum atomic E-state index is 5.73. The van der Waals surface area contributed by atoms with E-state index in [4.69, 9.17) is 11.2 Å². The first kappa shape index (κ1) is 12.7. The summed E-state index contributed by atoms with van der Waals surface area (Å²) in [5.41, 5.74) is -0.654. The Balaban J connectivity index is 2.25. The Hall–Kier alpha value is -1.76. The van der Waals surface area contributed by atoms with Crippen molar-refractivity contribution in [3.8, 4) is 18.2 Å². The first-order valence-electron chi connectivity index (χ1n) is 6.33. The van der Waals surface area contributed by atoms with Crippen LogP contribution in [0, 0.1) is 12.3 Å². The van der Waals surface area contributed by atoms with Crippen LogP contribution >= 0.6 is 0 Å². The lowest BCUT2D eigenvalue weighted by Gasteiger charge is -2.20. The second kappa shape index (κ2) is 4.85. The van der Waals surface area contributed by atoms with Gasteiger partial charge in [-0.25, -0.2) is 4.98 Å². The van der Waals surface area contributed by atoms with Crippen molar-refractivity contribution < 1.29 is 4.74 Å². The van der Waals surface area contributed by atoms with Crippen LogP contribution in [0.3, 0.4) is 0 Å². The van der Waals surface area contributed by atoms with E-state index in [2.05, 4.69) is 21.2 Å². The minimum Gasteiger partial charge on any atom is -0.458 e. The van der Waals surface area contributed by atoms with Crippen molar-refractivity contribution in [2.24, 2.45) is 0 Å². The lowest BCUT2D eigenvalue weighted by molar-refractivity contribution is 0.164. The maximum absolute atomic E-state index is 5.73. The van der Waals surface area contributed by atoms with Crippen molar-refractivity contribution in [3.05, 3.63) is 11.9 Å². The van der Waals surface area contributed by atoms with E-state index in [0.717, 1.165) is 31.0 Å². The monoisotopic (exact) mass is 245 g/mol. The summed E-state index contributed by atoms with van der Waals surface area (Å²) in [5, 5.41) is 3.19. The fraction of sp³-hybridized carbons (Fsp3) is 0.571. The van der Waals surface area contributed by atoms with E-state index in [9.17, 15) is 0 Å². The summed E-state index contributed by atoms with van der Waals surface area (Å²) in [5.74, 6) is 5.30. The standard InChI is InChI=1S/C14H19N3O/c1-5-14(3,4)18-12-9-11(15-6-2)16-13(17-12)10-7-8-10/h1,9-10H,6-8H2,2-4H3,(H,15,16,17). The molecule has 0 saturated heterocycles. The Kier molecular flexibility index (Phi) is 3.42. The van der Waals surface area contributed by atoms with Crippen molar-refractivity contribution in [3.63, 3.8) is 0 Å². The normalized spacial score (nSPS) is 15.0. The molecule has 4 heteroatoms. The van der Waals surface area contributed by atoms with Gasteiger partial charge in [0.2, 0.25) is 5.88 Å². The Morgan fingerprint density at radius 1 is 1.50 bits per heavy atom. The zero-order valence-electron chi connectivity index (χ0n) is 11.2. The highest BCUT2D eigenvalue weighted by Crippen LogP contribution is 2.39. The lowest BCUT2D eigenvalue weighted by atomic mass is 10.1. The quantitative estimate of drug-likeness (QED) is 0.810. The zero-order chi connectivity index (χ0) is 13.2. The van der Waals surface area contributed by atoms with Gasteiger partial charge in [0.15, 0.2) is 5.60 Å². The van der Waals surface area contributed by atoms with Gasteiger partial charge in [-0.1, -0.05) is 5.92 Å². The van der Waals surface area contributed by atoms with Gasteiger partial charge in [-0.2, -0.15) is 4.98 Å². The molecule has 0 amide bonds. The van der Waals surface area contributed by atoms with E-state index in [1.807, 2.05) is 20.8 Å². The van der Waals surface area contributed by atoms with Crippen LogP contribution in [-0.4, -0.2) is 22.1 Å². The number of hydrogen-bond donors (Lipinski definition) is 1. The summed E-state index contributed by atoms with van der Waals surface area (Å²) in [7, 11) is 0. The highest BCUT2D eigenvalue weighted by atomic mass is 16.5. The molecule has 1 N–H and O–H groups in total. The van der Waals surface area contributed by atoms with E-state index in [1.165, 1.54) is 0 Å². The number of hydrogen-bond acceptors (Lipinski definition) is 4. The van der Waals surface area contributed by atoms with Gasteiger partial charge in [0.25, 0.3) is 0 Å². The van der Waals surface area contributed by atoms with Crippen molar-refractivity contribution in [1.82, 2.24) is 9.97 Å². The number of anilines is 1. The summed E-state index contributed by atoms with van der Waals surface area (Å²) in [6.45, 7) is 6.54. The van der Waals surface area contributed by atoms with Gasteiger partial charge >= 0.3 is 0 Å². The van der Waals surface area contributed by atoms with Gasteiger partial charge in [0.05, 0.1) is 0 Å². The van der Waals surface area contributed by atoms with Gasteiger partial charge < -0.3 is 10.1 Å². The third-order valence-electron chi connectivity index (χ3n) is 2.73. The molecular formula is C14H19N3O. The van der Waals surface area contributed by atoms with E-state index in [0.29, 0.717) is 11.8 Å². The summed E-state index contributed by atoms with van der Waals surface area (Å²) in [6, 6.07) is 1.80. The summed E-state index contributed by atoms with van der Waals surface area (Å²) < 4.78 is 5.73. The minimum absolute atomic E-state index is 0.486. The van der Waals surface area contributed by atoms with Crippen molar-refractivity contribution in [2.45, 2.75) is 45.1 Å². The minimum atomic E-state index is -0.654. The molecule has 0 radical (unpaired) electrons. The Morgan fingerprint density at radius 3 is 2.78 bits per heavy atom. The molecule has 1 aliphatic carbocycles. The molecule has 0 aliphatic heterocycles. The molecule has 0 aromatic carbocycles. The second-order valence-electron chi connectivity index (χ2n) is 5.01. The predicted molar refractivity (Wildman–Crippen MR) is 71.7 cm³/mol. The molecule has 4 nitrogen and oxygen atoms in total. The Morgan fingerprint density at radius 2 is 2.22 bits per heavy atom.